The van der Waals surface area contributed by atoms with E-state index in [-0.39, 0.29) is 6.79 Å². The molecule has 0 aliphatic carbocycles. The largest absolute Gasteiger partial charge is 0.544 e. The number of carboxylic acid groups (broad SMARTS) is 1. The number of nitrogens with zero attached hydrogens (tertiary/aromatic N) is 1. The van der Waals surface area contributed by atoms with Crippen molar-refractivity contribution in [2.75, 3.05) is 6.79 Å². The van der Waals surface area contributed by atoms with Gasteiger partial charge in [0.05, 0.1) is 16.6 Å². The van der Waals surface area contributed by atoms with Crippen LogP contribution < -0.4 is 14.6 Å². The molecule has 86 valence electrons. The van der Waals surface area contributed by atoms with E-state index >= 15 is 0 Å². The summed E-state index contributed by atoms with van der Waals surface area (Å²) in [5.41, 5.74) is -0.0556. The third-order valence-corrected chi connectivity index (χ3v) is 2.38. The van der Waals surface area contributed by atoms with E-state index in [4.69, 9.17) is 26.3 Å². The fourth-order valence-electron chi connectivity index (χ4n) is 1.37. The molecular weight excluding hydrogens is 246 g/mol. The molecule has 0 fully saturated rings. The van der Waals surface area contributed by atoms with E-state index in [0.29, 0.717) is 22.1 Å². The van der Waals surface area contributed by atoms with E-state index < -0.39 is 11.5 Å². The van der Waals surface area contributed by atoms with Crippen molar-refractivity contribution < 1.29 is 19.4 Å². The second-order valence-corrected chi connectivity index (χ2v) is 3.60. The first-order valence-electron chi connectivity index (χ1n) is 4.54. The van der Waals surface area contributed by atoms with Gasteiger partial charge in [0.25, 0.3) is 0 Å². The molecule has 6 heteroatoms. The molecule has 2 rings (SSSR count). The van der Waals surface area contributed by atoms with Gasteiger partial charge in [-0.1, -0.05) is 11.6 Å². The second-order valence-electron chi connectivity index (χ2n) is 3.19. The Morgan fingerprint density at radius 2 is 2.29 bits per heavy atom. The number of carbonyl (C=O) groups excluding carboxylic acids is 1. The molecule has 1 aliphatic rings. The lowest BCUT2D eigenvalue weighted by atomic mass is 10.1. The SMILES string of the molecule is N#C/C(=C\c1cc(Cl)c2c(c1)OCO2)C(=O)[O-]. The van der Waals surface area contributed by atoms with Crippen molar-refractivity contribution in [3.63, 3.8) is 0 Å². The van der Waals surface area contributed by atoms with Crippen LogP contribution in [-0.4, -0.2) is 12.8 Å². The lowest BCUT2D eigenvalue weighted by Gasteiger charge is -2.03. The fraction of sp³-hybridized carbons (Fsp3) is 0.0909. The van der Waals surface area contributed by atoms with E-state index in [1.807, 2.05) is 0 Å². The highest BCUT2D eigenvalue weighted by molar-refractivity contribution is 6.32. The van der Waals surface area contributed by atoms with E-state index in [0.717, 1.165) is 6.08 Å². The monoisotopic (exact) mass is 250 g/mol. The molecular formula is C11H5ClNO4-. The summed E-state index contributed by atoms with van der Waals surface area (Å²) in [7, 11) is 0. The predicted molar refractivity (Wildman–Crippen MR) is 56.2 cm³/mol. The minimum atomic E-state index is -1.54. The van der Waals surface area contributed by atoms with Crippen LogP contribution in [0.4, 0.5) is 0 Å². The molecule has 5 nitrogen and oxygen atoms in total. The van der Waals surface area contributed by atoms with Crippen molar-refractivity contribution in [1.29, 1.82) is 5.26 Å². The first kappa shape index (κ1) is 11.3. The molecule has 1 aromatic carbocycles. The Morgan fingerprint density at radius 3 is 2.94 bits per heavy atom. The number of hydrogen-bond acceptors (Lipinski definition) is 5. The van der Waals surface area contributed by atoms with Gasteiger partial charge in [0.1, 0.15) is 6.07 Å². The van der Waals surface area contributed by atoms with Gasteiger partial charge >= 0.3 is 0 Å². The maximum absolute atomic E-state index is 10.6. The average Bonchev–Trinajstić information content (AvgIpc) is 2.74. The van der Waals surface area contributed by atoms with Crippen LogP contribution in [-0.2, 0) is 4.79 Å². The summed E-state index contributed by atoms with van der Waals surface area (Å²) >= 11 is 5.90. The Bertz CT molecular complexity index is 559. The molecule has 0 atom stereocenters. The van der Waals surface area contributed by atoms with E-state index in [1.165, 1.54) is 18.2 Å². The number of carbonyl (C=O) groups is 1. The zero-order valence-corrected chi connectivity index (χ0v) is 9.15. The van der Waals surface area contributed by atoms with E-state index in [1.54, 1.807) is 0 Å². The number of aliphatic carboxylic acids is 1. The molecule has 0 amide bonds. The number of nitriles is 1. The van der Waals surface area contributed by atoms with Gasteiger partial charge < -0.3 is 19.4 Å². The first-order valence-corrected chi connectivity index (χ1v) is 4.92. The van der Waals surface area contributed by atoms with Gasteiger partial charge in [-0.15, -0.1) is 0 Å². The summed E-state index contributed by atoms with van der Waals surface area (Å²) in [5, 5.41) is 19.4. The Labute approximate surface area is 101 Å². The van der Waals surface area contributed by atoms with Gasteiger partial charge in [-0.3, -0.25) is 0 Å². The van der Waals surface area contributed by atoms with Crippen molar-refractivity contribution >= 4 is 23.6 Å². The van der Waals surface area contributed by atoms with Crippen molar-refractivity contribution in [2.45, 2.75) is 0 Å². The first-order chi connectivity index (χ1) is 8.11. The Balaban J connectivity index is 2.45. The number of halogens is 1. The van der Waals surface area contributed by atoms with Crippen LogP contribution in [0.1, 0.15) is 5.56 Å². The quantitative estimate of drug-likeness (QED) is 0.571. The number of carboxylic acids is 1. The topological polar surface area (TPSA) is 82.4 Å². The normalized spacial score (nSPS) is 13.3. The highest BCUT2D eigenvalue weighted by Gasteiger charge is 2.17. The lowest BCUT2D eigenvalue weighted by molar-refractivity contribution is -0.298. The number of fused-ring (bicyclic) bond motifs is 1. The summed E-state index contributed by atoms with van der Waals surface area (Å²) in [4.78, 5) is 10.6. The molecule has 0 spiro atoms. The van der Waals surface area contributed by atoms with Gasteiger partial charge in [-0.05, 0) is 23.8 Å². The molecule has 0 N–H and O–H groups in total. The highest BCUT2D eigenvalue weighted by atomic mass is 35.5. The van der Waals surface area contributed by atoms with Gasteiger partial charge in [-0.25, -0.2) is 0 Å². The van der Waals surface area contributed by atoms with Crippen LogP contribution in [0.3, 0.4) is 0 Å². The Kier molecular flexibility index (Phi) is 2.90. The number of rotatable bonds is 2. The minimum absolute atomic E-state index is 0.0633. The number of ether oxygens (including phenoxy) is 2. The van der Waals surface area contributed by atoms with Crippen LogP contribution in [0.25, 0.3) is 6.08 Å². The molecule has 0 aromatic heterocycles. The van der Waals surface area contributed by atoms with E-state index in [2.05, 4.69) is 0 Å². The minimum Gasteiger partial charge on any atom is -0.544 e. The Hall–Kier alpha value is -2.19. The zero-order valence-electron chi connectivity index (χ0n) is 8.40. The van der Waals surface area contributed by atoms with Crippen molar-refractivity contribution in [3.8, 4) is 17.6 Å². The molecule has 0 saturated heterocycles. The summed E-state index contributed by atoms with van der Waals surface area (Å²) in [6.07, 6.45) is 1.16. The van der Waals surface area contributed by atoms with E-state index in [9.17, 15) is 9.90 Å². The van der Waals surface area contributed by atoms with Crippen molar-refractivity contribution in [1.82, 2.24) is 0 Å². The van der Waals surface area contributed by atoms with Crippen molar-refractivity contribution in [3.05, 3.63) is 28.3 Å². The Morgan fingerprint density at radius 1 is 1.53 bits per heavy atom. The lowest BCUT2D eigenvalue weighted by Crippen LogP contribution is -2.23. The molecule has 1 aromatic rings. The third-order valence-electron chi connectivity index (χ3n) is 2.10. The zero-order chi connectivity index (χ0) is 12.4. The third kappa shape index (κ3) is 2.17. The predicted octanol–water partition coefficient (Wildman–Crippen LogP) is 0.726. The second kappa shape index (κ2) is 4.36. The summed E-state index contributed by atoms with van der Waals surface area (Å²) in [6.45, 7) is 0.0633. The molecule has 0 saturated carbocycles. The van der Waals surface area contributed by atoms with Gasteiger partial charge in [0, 0.05) is 0 Å². The van der Waals surface area contributed by atoms with Crippen LogP contribution in [0.5, 0.6) is 11.5 Å². The molecule has 1 aliphatic heterocycles. The van der Waals surface area contributed by atoms with Gasteiger partial charge in [-0.2, -0.15) is 5.26 Å². The van der Waals surface area contributed by atoms with Crippen LogP contribution in [0.2, 0.25) is 5.02 Å². The standard InChI is InChI=1S/C11H6ClNO4/c12-8-2-6(1-7(4-13)11(14)15)3-9-10(8)17-5-16-9/h1-3H,5H2,(H,14,15)/p-1/b7-1+. The maximum atomic E-state index is 10.6. The summed E-state index contributed by atoms with van der Waals surface area (Å²) < 4.78 is 10.2. The molecule has 0 radical (unpaired) electrons. The molecule has 0 unspecified atom stereocenters. The van der Waals surface area contributed by atoms with Crippen LogP contribution in [0.15, 0.2) is 17.7 Å². The van der Waals surface area contributed by atoms with Gasteiger partial charge in [0.15, 0.2) is 11.5 Å². The number of benzene rings is 1. The summed E-state index contributed by atoms with van der Waals surface area (Å²) in [5.74, 6) is -0.712. The highest BCUT2D eigenvalue weighted by Crippen LogP contribution is 2.40. The smallest absolute Gasteiger partial charge is 0.231 e. The number of hydrogen-bond donors (Lipinski definition) is 0. The van der Waals surface area contributed by atoms with Crippen LogP contribution >= 0.6 is 11.6 Å². The molecule has 0 bridgehead atoms. The molecule has 1 heterocycles. The average molecular weight is 251 g/mol. The van der Waals surface area contributed by atoms with Gasteiger partial charge in [0.2, 0.25) is 6.79 Å². The fourth-order valence-corrected chi connectivity index (χ4v) is 1.65. The molecule has 17 heavy (non-hydrogen) atoms. The van der Waals surface area contributed by atoms with Crippen LogP contribution in [0, 0.1) is 11.3 Å². The maximum Gasteiger partial charge on any atom is 0.231 e. The van der Waals surface area contributed by atoms with Crippen molar-refractivity contribution in [2.24, 2.45) is 0 Å². The summed E-state index contributed by atoms with van der Waals surface area (Å²) in [6, 6.07) is 4.54.